The molecule has 1 aromatic heterocycles. The lowest BCUT2D eigenvalue weighted by Crippen LogP contribution is -2.65. The summed E-state index contributed by atoms with van der Waals surface area (Å²) in [4.78, 5) is 28.8. The minimum atomic E-state index is -2.52. The zero-order valence-electron chi connectivity index (χ0n) is 28.9. The zero-order valence-corrected chi connectivity index (χ0v) is 30.9. The van der Waals surface area contributed by atoms with Crippen LogP contribution in [0.4, 0.5) is 0 Å². The molecule has 0 bridgehead atoms. The Labute approximate surface area is 269 Å². The molecule has 1 fully saturated rings. The second-order valence-electron chi connectivity index (χ2n) is 15.8. The monoisotopic (exact) mass is 652 g/mol. The van der Waals surface area contributed by atoms with Crippen molar-refractivity contribution in [2.75, 3.05) is 6.61 Å². The van der Waals surface area contributed by atoms with Gasteiger partial charge in [-0.15, -0.1) is 0 Å². The summed E-state index contributed by atoms with van der Waals surface area (Å²) >= 11 is 0. The molecule has 45 heavy (non-hydrogen) atoms. The van der Waals surface area contributed by atoms with E-state index in [-0.39, 0.29) is 35.5 Å². The van der Waals surface area contributed by atoms with Crippen molar-refractivity contribution in [3.8, 4) is 16.9 Å². The molecule has 2 heterocycles. The van der Waals surface area contributed by atoms with Crippen LogP contribution in [0.25, 0.3) is 11.1 Å². The molecule has 0 unspecified atom stereocenters. The Morgan fingerprint density at radius 3 is 2.16 bits per heavy atom. The maximum absolute atomic E-state index is 13.4. The van der Waals surface area contributed by atoms with E-state index >= 15 is 0 Å². The van der Waals surface area contributed by atoms with Gasteiger partial charge in [0.15, 0.2) is 8.32 Å². The van der Waals surface area contributed by atoms with Gasteiger partial charge in [-0.2, -0.15) is 0 Å². The van der Waals surface area contributed by atoms with Gasteiger partial charge in [0, 0.05) is 6.42 Å². The van der Waals surface area contributed by atoms with Gasteiger partial charge in [0.2, 0.25) is 5.75 Å². The molecular formula is C35H52N2O6Si2. The number of aromatic nitrogens is 2. The predicted octanol–water partition coefficient (Wildman–Crippen LogP) is 7.04. The Balaban J connectivity index is 1.70. The number of rotatable bonds is 9. The largest absolute Gasteiger partial charge is 0.482 e. The number of H-pyrrole nitrogens is 1. The van der Waals surface area contributed by atoms with E-state index in [9.17, 15) is 14.7 Å². The summed E-state index contributed by atoms with van der Waals surface area (Å²) in [5.74, 6) is -0.000806. The van der Waals surface area contributed by atoms with Gasteiger partial charge >= 0.3 is 5.69 Å². The fourth-order valence-electron chi connectivity index (χ4n) is 5.76. The number of aliphatic hydroxyl groups is 1. The summed E-state index contributed by atoms with van der Waals surface area (Å²) < 4.78 is 20.8. The van der Waals surface area contributed by atoms with Crippen LogP contribution in [0.15, 0.2) is 70.4 Å². The van der Waals surface area contributed by atoms with E-state index < -0.39 is 44.7 Å². The van der Waals surface area contributed by atoms with Gasteiger partial charge in [-0.3, -0.25) is 14.3 Å². The number of nitrogens with zero attached hydrogens (tertiary/aromatic N) is 1. The lowest BCUT2D eigenvalue weighted by molar-refractivity contribution is -0.111. The van der Waals surface area contributed by atoms with Crippen molar-refractivity contribution in [2.45, 2.75) is 115 Å². The van der Waals surface area contributed by atoms with E-state index in [0.717, 1.165) is 16.7 Å². The summed E-state index contributed by atoms with van der Waals surface area (Å²) in [6.07, 6.45) is 0.929. The van der Waals surface area contributed by atoms with E-state index in [1.165, 1.54) is 10.8 Å². The minimum absolute atomic E-state index is 0.000806. The van der Waals surface area contributed by atoms with Gasteiger partial charge < -0.3 is 19.0 Å². The third-order valence-electron chi connectivity index (χ3n) is 10.8. The van der Waals surface area contributed by atoms with Crippen LogP contribution in [0, 0.1) is 0 Å². The van der Waals surface area contributed by atoms with Crippen LogP contribution in [0.2, 0.25) is 36.3 Å². The first-order valence-electron chi connectivity index (χ1n) is 15.8. The van der Waals surface area contributed by atoms with E-state index in [1.807, 2.05) is 54.6 Å². The van der Waals surface area contributed by atoms with Gasteiger partial charge in [-0.25, -0.2) is 4.79 Å². The van der Waals surface area contributed by atoms with E-state index in [1.54, 1.807) is 6.92 Å². The molecule has 3 atom stereocenters. The van der Waals surface area contributed by atoms with Crippen LogP contribution in [0.5, 0.6) is 5.75 Å². The van der Waals surface area contributed by atoms with Crippen molar-refractivity contribution in [3.63, 3.8) is 0 Å². The molecule has 10 heteroatoms. The molecule has 246 valence electrons. The topological polar surface area (TPSA) is 103 Å². The van der Waals surface area contributed by atoms with E-state index in [2.05, 4.69) is 72.7 Å². The molecule has 0 aliphatic carbocycles. The lowest BCUT2D eigenvalue weighted by Gasteiger charge is -2.50. The van der Waals surface area contributed by atoms with E-state index in [0.29, 0.717) is 0 Å². The van der Waals surface area contributed by atoms with Gasteiger partial charge in [0.05, 0.1) is 26.1 Å². The fraction of sp³-hybridized carbons (Fsp3) is 0.543. The Hall–Kier alpha value is -2.77. The number of hydrogen-bond acceptors (Lipinski definition) is 6. The van der Waals surface area contributed by atoms with Crippen LogP contribution in [0.3, 0.4) is 0 Å². The first-order chi connectivity index (χ1) is 20.6. The number of benzene rings is 2. The summed E-state index contributed by atoms with van der Waals surface area (Å²) in [6, 6.07) is 17.8. The molecule has 4 rings (SSSR count). The van der Waals surface area contributed by atoms with Crippen LogP contribution in [-0.2, 0) is 21.5 Å². The molecular weight excluding hydrogens is 601 g/mol. The molecule has 2 N–H and O–H groups in total. The molecule has 1 aliphatic rings. The summed E-state index contributed by atoms with van der Waals surface area (Å²) in [6.45, 7) is 23.9. The average Bonchev–Trinajstić information content (AvgIpc) is 3.22. The summed E-state index contributed by atoms with van der Waals surface area (Å²) in [5.41, 5.74) is 0.443. The van der Waals surface area contributed by atoms with Crippen molar-refractivity contribution >= 4 is 16.4 Å². The molecule has 0 radical (unpaired) electrons. The SMILES string of the molecule is CC(C)(C)[Si](C)(C)OC[C@H]1O[C@@](C)(n2cc(OCc3ccccc3-c3ccccc3)c(=O)[nH]c2=O)C[C@@]1(O)[Si](C)(C)C(C)(C)C. The lowest BCUT2D eigenvalue weighted by atomic mass is 10.0. The quantitative estimate of drug-likeness (QED) is 0.240. The van der Waals surface area contributed by atoms with Crippen LogP contribution in [-0.4, -0.2) is 49.0 Å². The van der Waals surface area contributed by atoms with Crippen molar-refractivity contribution < 1.29 is 19.0 Å². The molecule has 8 nitrogen and oxygen atoms in total. The number of aromatic amines is 1. The van der Waals surface area contributed by atoms with Gasteiger partial charge in [0.25, 0.3) is 5.56 Å². The standard InChI is InChI=1S/C35H52N2O6Si2/c1-32(2,3)44(8,9)35(40)24-34(7,43-29(35)23-42-45(10,11)33(4,5)6)37-21-28(30(38)36-31(37)39)41-22-26-19-15-16-20-27(26)25-17-13-12-14-18-25/h12-21,29,40H,22-24H2,1-11H3,(H,36,38,39)/t29-,34-,35-/m1/s1. The number of ether oxygens (including phenoxy) is 2. The zero-order chi connectivity index (χ0) is 33.6. The van der Waals surface area contributed by atoms with Gasteiger partial charge in [0.1, 0.15) is 18.4 Å². The highest BCUT2D eigenvalue weighted by Crippen LogP contribution is 2.53. The smallest absolute Gasteiger partial charge is 0.330 e. The molecule has 0 spiro atoms. The Morgan fingerprint density at radius 2 is 1.56 bits per heavy atom. The third-order valence-corrected chi connectivity index (χ3v) is 21.7. The first kappa shape index (κ1) is 35.1. The maximum Gasteiger partial charge on any atom is 0.330 e. The Morgan fingerprint density at radius 1 is 0.956 bits per heavy atom. The first-order valence-corrected chi connectivity index (χ1v) is 21.7. The second kappa shape index (κ2) is 12.1. The third kappa shape index (κ3) is 6.71. The number of nitrogens with one attached hydrogen (secondary N) is 1. The van der Waals surface area contributed by atoms with E-state index in [4.69, 9.17) is 13.9 Å². The molecule has 0 saturated carbocycles. The minimum Gasteiger partial charge on any atom is -0.482 e. The Kier molecular flexibility index (Phi) is 9.45. The highest BCUT2D eigenvalue weighted by Gasteiger charge is 2.65. The fourth-order valence-corrected chi connectivity index (χ4v) is 9.77. The highest BCUT2D eigenvalue weighted by molar-refractivity contribution is 6.83. The number of hydrogen-bond donors (Lipinski definition) is 2. The van der Waals surface area contributed by atoms with Crippen LogP contribution in [0.1, 0.15) is 60.5 Å². The highest BCUT2D eigenvalue weighted by atomic mass is 28.4. The molecule has 1 saturated heterocycles. The average molecular weight is 653 g/mol. The molecule has 0 amide bonds. The van der Waals surface area contributed by atoms with Crippen molar-refractivity contribution in [2.24, 2.45) is 0 Å². The van der Waals surface area contributed by atoms with Crippen molar-refractivity contribution in [1.29, 1.82) is 0 Å². The van der Waals surface area contributed by atoms with Crippen molar-refractivity contribution in [1.82, 2.24) is 9.55 Å². The van der Waals surface area contributed by atoms with Gasteiger partial charge in [-0.1, -0.05) is 109 Å². The second-order valence-corrected chi connectivity index (χ2v) is 26.2. The van der Waals surface area contributed by atoms with Crippen LogP contribution >= 0.6 is 0 Å². The van der Waals surface area contributed by atoms with Crippen LogP contribution < -0.4 is 16.0 Å². The van der Waals surface area contributed by atoms with Gasteiger partial charge in [-0.05, 0) is 46.8 Å². The van der Waals surface area contributed by atoms with Crippen molar-refractivity contribution in [3.05, 3.63) is 87.2 Å². The predicted molar refractivity (Wildman–Crippen MR) is 186 cm³/mol. The summed E-state index contributed by atoms with van der Waals surface area (Å²) in [5, 5.41) is 11.2. The Bertz CT molecular complexity index is 1620. The maximum atomic E-state index is 13.4. The molecule has 3 aromatic rings. The molecule has 2 aromatic carbocycles. The summed E-state index contributed by atoms with van der Waals surface area (Å²) in [7, 11) is -4.69. The normalized spacial score (nSPS) is 22.9. The molecule has 1 aliphatic heterocycles.